The topological polar surface area (TPSA) is 111 Å². The zero-order chi connectivity index (χ0) is 22.4. The lowest BCUT2D eigenvalue weighted by Gasteiger charge is -2.20. The molecule has 0 bridgehead atoms. The van der Waals surface area contributed by atoms with E-state index >= 15 is 0 Å². The number of carbonyl (C=O) groups excluding carboxylic acids is 1. The molecular weight excluding hydrogens is 460 g/mol. The highest BCUT2D eigenvalue weighted by Gasteiger charge is 2.20. The summed E-state index contributed by atoms with van der Waals surface area (Å²) in [5.41, 5.74) is 1.49. The molecule has 3 rings (SSSR count). The third kappa shape index (κ3) is 7.20. The zero-order valence-corrected chi connectivity index (χ0v) is 19.4. The highest BCUT2D eigenvalue weighted by molar-refractivity contribution is 7.89. The molecule has 1 aromatic carbocycles. The Kier molecular flexibility index (Phi) is 7.93. The number of likely N-dealkylation sites (tertiary alicyclic amines) is 1. The van der Waals surface area contributed by atoms with E-state index in [0.717, 1.165) is 43.4 Å². The average molecular weight is 485 g/mol. The second-order valence-corrected chi connectivity index (χ2v) is 10.6. The molecule has 1 aromatic heterocycles. The molecule has 0 aliphatic carbocycles. The van der Waals surface area contributed by atoms with Crippen LogP contribution in [0, 0.1) is 0 Å². The second kappa shape index (κ2) is 10.4. The van der Waals surface area contributed by atoms with Gasteiger partial charge in [-0.15, -0.1) is 15.7 Å². The number of halogens is 1. The van der Waals surface area contributed by atoms with E-state index in [-0.39, 0.29) is 19.0 Å². The largest absolute Gasteiger partial charge is 0.389 e. The minimum atomic E-state index is -3.52. The number of hydrogen-bond acceptors (Lipinski definition) is 6. The molecule has 2 heterocycles. The Balaban J connectivity index is 1.54. The number of aliphatic hydroxyl groups is 1. The summed E-state index contributed by atoms with van der Waals surface area (Å²) in [4.78, 5) is 14.5. The lowest BCUT2D eigenvalue weighted by Crippen LogP contribution is -2.35. The molecule has 31 heavy (non-hydrogen) atoms. The smallest absolute Gasteiger partial charge is 0.261 e. The maximum atomic E-state index is 12.0. The first-order valence-electron chi connectivity index (χ1n) is 9.82. The molecule has 1 unspecified atom stereocenters. The minimum Gasteiger partial charge on any atom is -0.389 e. The fraction of sp³-hybridized carbons (Fsp3) is 0.400. The lowest BCUT2D eigenvalue weighted by atomic mass is 10.1. The van der Waals surface area contributed by atoms with Gasteiger partial charge in [0.15, 0.2) is 0 Å². The van der Waals surface area contributed by atoms with Crippen molar-refractivity contribution in [2.45, 2.75) is 18.9 Å². The van der Waals surface area contributed by atoms with Crippen molar-refractivity contribution in [3.8, 4) is 0 Å². The SMILES string of the molecule is CS(=O)(=O)/N=C(/c1ccc(NCC(O)CNC(=O)c2ccc(Cl)s2)cc1)N1CCCC1. The monoisotopic (exact) mass is 484 g/mol. The Morgan fingerprint density at radius 1 is 1.19 bits per heavy atom. The number of thiophene rings is 1. The quantitative estimate of drug-likeness (QED) is 0.392. The predicted octanol–water partition coefficient (Wildman–Crippen LogP) is 2.41. The van der Waals surface area contributed by atoms with Crippen molar-refractivity contribution >= 4 is 50.4 Å². The summed E-state index contributed by atoms with van der Waals surface area (Å²) in [6.07, 6.45) is 2.32. The molecule has 1 fully saturated rings. The van der Waals surface area contributed by atoms with Crippen LogP contribution in [0.1, 0.15) is 28.1 Å². The van der Waals surface area contributed by atoms with Crippen LogP contribution in [0.3, 0.4) is 0 Å². The molecule has 0 saturated carbocycles. The van der Waals surface area contributed by atoms with Crippen molar-refractivity contribution < 1.29 is 18.3 Å². The van der Waals surface area contributed by atoms with E-state index in [4.69, 9.17) is 11.6 Å². The van der Waals surface area contributed by atoms with Crippen molar-refractivity contribution in [2.24, 2.45) is 4.40 Å². The van der Waals surface area contributed by atoms with Crippen molar-refractivity contribution in [3.63, 3.8) is 0 Å². The van der Waals surface area contributed by atoms with Crippen LogP contribution in [0.2, 0.25) is 4.34 Å². The summed E-state index contributed by atoms with van der Waals surface area (Å²) in [5.74, 6) is 0.183. The molecule has 3 N–H and O–H groups in total. The summed E-state index contributed by atoms with van der Waals surface area (Å²) in [6, 6.07) is 10.5. The lowest BCUT2D eigenvalue weighted by molar-refractivity contribution is 0.0926. The van der Waals surface area contributed by atoms with Gasteiger partial charge in [0.1, 0.15) is 5.84 Å². The number of sulfonamides is 1. The van der Waals surface area contributed by atoms with Crippen LogP contribution in [0.5, 0.6) is 0 Å². The standard InChI is InChI=1S/C20H25ClN4O4S2/c1-31(28,29)24-19(25-10-2-3-11-25)14-4-6-15(7-5-14)22-12-16(26)13-23-20(27)17-8-9-18(21)30-17/h4-9,16,22,26H,2-3,10-13H2,1H3,(H,23,27)/b24-19-. The molecule has 1 amide bonds. The van der Waals surface area contributed by atoms with Gasteiger partial charge in [-0.25, -0.2) is 8.42 Å². The fourth-order valence-corrected chi connectivity index (χ4v) is 4.65. The molecule has 11 heteroatoms. The highest BCUT2D eigenvalue weighted by Crippen LogP contribution is 2.21. The molecule has 0 radical (unpaired) electrons. The van der Waals surface area contributed by atoms with Gasteiger partial charge in [-0.05, 0) is 49.2 Å². The Hall–Kier alpha value is -2.14. The van der Waals surface area contributed by atoms with Crippen LogP contribution in [0.25, 0.3) is 0 Å². The Labute approximate surface area is 191 Å². The molecular formula is C20H25ClN4O4S2. The fourth-order valence-electron chi connectivity index (χ4n) is 3.16. The second-order valence-electron chi connectivity index (χ2n) is 7.27. The summed E-state index contributed by atoms with van der Waals surface area (Å²) < 4.78 is 27.9. The van der Waals surface area contributed by atoms with Gasteiger partial charge >= 0.3 is 0 Å². The van der Waals surface area contributed by atoms with E-state index in [1.54, 1.807) is 24.3 Å². The molecule has 1 aliphatic heterocycles. The van der Waals surface area contributed by atoms with Gasteiger partial charge in [0, 0.05) is 37.4 Å². The number of nitrogens with zero attached hydrogens (tertiary/aromatic N) is 2. The van der Waals surface area contributed by atoms with Crippen LogP contribution in [-0.2, 0) is 10.0 Å². The summed E-state index contributed by atoms with van der Waals surface area (Å²) in [7, 11) is -3.52. The van der Waals surface area contributed by atoms with Crippen molar-refractivity contribution in [2.75, 3.05) is 37.8 Å². The minimum absolute atomic E-state index is 0.0968. The van der Waals surface area contributed by atoms with Crippen molar-refractivity contribution in [1.29, 1.82) is 0 Å². The summed E-state index contributed by atoms with van der Waals surface area (Å²) >= 11 is 7.00. The van der Waals surface area contributed by atoms with E-state index in [0.29, 0.717) is 15.0 Å². The Morgan fingerprint density at radius 2 is 1.87 bits per heavy atom. The summed E-state index contributed by atoms with van der Waals surface area (Å²) in [6.45, 7) is 1.90. The number of anilines is 1. The van der Waals surface area contributed by atoms with Gasteiger partial charge in [-0.2, -0.15) is 0 Å². The van der Waals surface area contributed by atoms with Crippen LogP contribution in [0.4, 0.5) is 5.69 Å². The molecule has 1 atom stereocenters. The first-order valence-corrected chi connectivity index (χ1v) is 12.9. The maximum absolute atomic E-state index is 12.0. The summed E-state index contributed by atoms with van der Waals surface area (Å²) in [5, 5.41) is 15.9. The number of amidine groups is 1. The van der Waals surface area contributed by atoms with Crippen molar-refractivity contribution in [1.82, 2.24) is 10.2 Å². The number of carbonyl (C=O) groups is 1. The molecule has 1 aliphatic rings. The Bertz CT molecular complexity index is 1030. The predicted molar refractivity (Wildman–Crippen MR) is 125 cm³/mol. The van der Waals surface area contributed by atoms with Gasteiger partial charge in [0.25, 0.3) is 15.9 Å². The van der Waals surface area contributed by atoms with Crippen LogP contribution in [-0.4, -0.2) is 68.7 Å². The van der Waals surface area contributed by atoms with Gasteiger partial charge in [0.05, 0.1) is 21.6 Å². The number of nitrogens with one attached hydrogen (secondary N) is 2. The number of rotatable bonds is 8. The highest BCUT2D eigenvalue weighted by atomic mass is 35.5. The number of hydrogen-bond donors (Lipinski definition) is 3. The van der Waals surface area contributed by atoms with Crippen LogP contribution in [0.15, 0.2) is 40.8 Å². The zero-order valence-electron chi connectivity index (χ0n) is 17.0. The van der Waals surface area contributed by atoms with E-state index in [1.165, 1.54) is 11.3 Å². The molecule has 2 aromatic rings. The van der Waals surface area contributed by atoms with Gasteiger partial charge in [-0.1, -0.05) is 11.6 Å². The van der Waals surface area contributed by atoms with E-state index in [9.17, 15) is 18.3 Å². The van der Waals surface area contributed by atoms with Gasteiger partial charge in [-0.3, -0.25) is 4.79 Å². The first kappa shape index (κ1) is 23.5. The van der Waals surface area contributed by atoms with E-state index < -0.39 is 16.1 Å². The van der Waals surface area contributed by atoms with Crippen LogP contribution < -0.4 is 10.6 Å². The third-order valence-corrected chi connectivity index (χ3v) is 6.37. The van der Waals surface area contributed by atoms with E-state index in [2.05, 4.69) is 15.0 Å². The molecule has 0 spiro atoms. The number of aliphatic hydroxyl groups excluding tert-OH is 1. The average Bonchev–Trinajstić information content (AvgIpc) is 3.40. The molecule has 8 nitrogen and oxygen atoms in total. The molecule has 168 valence electrons. The third-order valence-electron chi connectivity index (χ3n) is 4.64. The number of amides is 1. The van der Waals surface area contributed by atoms with E-state index in [1.807, 2.05) is 17.0 Å². The van der Waals surface area contributed by atoms with Crippen LogP contribution >= 0.6 is 22.9 Å². The Morgan fingerprint density at radius 3 is 2.45 bits per heavy atom. The van der Waals surface area contributed by atoms with Crippen molar-refractivity contribution in [3.05, 3.63) is 51.2 Å². The maximum Gasteiger partial charge on any atom is 0.261 e. The molecule has 1 saturated heterocycles. The normalized spacial score (nSPS) is 15.7. The van der Waals surface area contributed by atoms with Gasteiger partial charge in [0.2, 0.25) is 0 Å². The van der Waals surface area contributed by atoms with Gasteiger partial charge < -0.3 is 20.6 Å². The number of benzene rings is 1. The first-order chi connectivity index (χ1) is 14.7.